The van der Waals surface area contributed by atoms with Crippen LogP contribution in [0.5, 0.6) is 0 Å². The van der Waals surface area contributed by atoms with Gasteiger partial charge in [-0.3, -0.25) is 4.57 Å². The molecule has 1 atom stereocenters. The largest absolute Gasteiger partial charge is 0.364 e. The molecule has 0 aliphatic carbocycles. The number of benzene rings is 1. The van der Waals surface area contributed by atoms with E-state index in [0.29, 0.717) is 30.1 Å². The maximum atomic E-state index is 13.9. The van der Waals surface area contributed by atoms with Crippen molar-refractivity contribution in [3.05, 3.63) is 46.7 Å². The average molecular weight is 392 g/mol. The van der Waals surface area contributed by atoms with Crippen molar-refractivity contribution >= 4 is 32.9 Å². The van der Waals surface area contributed by atoms with Crippen molar-refractivity contribution in [3.8, 4) is 0 Å². The van der Waals surface area contributed by atoms with Gasteiger partial charge in [-0.1, -0.05) is 34.1 Å². The van der Waals surface area contributed by atoms with E-state index in [2.05, 4.69) is 36.2 Å². The third-order valence-electron chi connectivity index (χ3n) is 4.01. The molecule has 1 N–H and O–H groups in total. The van der Waals surface area contributed by atoms with Crippen LogP contribution >= 0.6 is 15.9 Å². The van der Waals surface area contributed by atoms with Crippen molar-refractivity contribution in [2.45, 2.75) is 25.6 Å². The molecule has 3 heterocycles. The average Bonchev–Trinajstić information content (AvgIpc) is 3.22. The number of fused-ring (bicyclic) bond motifs is 1. The van der Waals surface area contributed by atoms with Crippen LogP contribution in [0.1, 0.15) is 24.6 Å². The number of hydrogen-bond donors (Lipinski definition) is 1. The number of hydrogen-bond acceptors (Lipinski definition) is 5. The molecule has 24 heavy (non-hydrogen) atoms. The number of anilines is 1. The molecule has 8 heteroatoms. The van der Waals surface area contributed by atoms with Crippen LogP contribution in [-0.4, -0.2) is 26.1 Å². The molecule has 2 aromatic heterocycles. The van der Waals surface area contributed by atoms with Crippen LogP contribution in [-0.2, 0) is 11.3 Å². The zero-order valence-corrected chi connectivity index (χ0v) is 14.3. The third-order valence-corrected chi connectivity index (χ3v) is 4.79. The number of rotatable bonds is 4. The van der Waals surface area contributed by atoms with E-state index in [-0.39, 0.29) is 6.23 Å². The minimum absolute atomic E-state index is 0.139. The van der Waals surface area contributed by atoms with Crippen LogP contribution < -0.4 is 5.32 Å². The summed E-state index contributed by atoms with van der Waals surface area (Å²) < 4.78 is 22.3. The highest BCUT2D eigenvalue weighted by Crippen LogP contribution is 2.28. The Kier molecular flexibility index (Phi) is 4.15. The predicted molar refractivity (Wildman–Crippen MR) is 91.0 cm³/mol. The molecular formula is C16H15BrFN5O. The van der Waals surface area contributed by atoms with E-state index in [4.69, 9.17) is 4.74 Å². The van der Waals surface area contributed by atoms with Gasteiger partial charge in [0.1, 0.15) is 6.23 Å². The van der Waals surface area contributed by atoms with E-state index in [1.165, 1.54) is 0 Å². The van der Waals surface area contributed by atoms with E-state index in [1.54, 1.807) is 10.9 Å². The summed E-state index contributed by atoms with van der Waals surface area (Å²) in [6, 6.07) is 7.83. The lowest BCUT2D eigenvalue weighted by atomic mass is 10.2. The number of aromatic nitrogens is 4. The maximum Gasteiger partial charge on any atom is 0.312 e. The molecule has 0 bridgehead atoms. The van der Waals surface area contributed by atoms with Gasteiger partial charge in [0.05, 0.1) is 6.33 Å². The number of ether oxygens (including phenoxy) is 1. The molecule has 0 amide bonds. The van der Waals surface area contributed by atoms with Crippen molar-refractivity contribution in [2.75, 3.05) is 11.9 Å². The van der Waals surface area contributed by atoms with Crippen molar-refractivity contribution in [1.82, 2.24) is 19.5 Å². The number of nitrogens with one attached hydrogen (secondary N) is 1. The summed E-state index contributed by atoms with van der Waals surface area (Å²) in [5.41, 5.74) is 2.03. The van der Waals surface area contributed by atoms with Crippen LogP contribution in [0.25, 0.3) is 11.2 Å². The second-order valence-corrected chi connectivity index (χ2v) is 6.43. The Morgan fingerprint density at radius 3 is 3.00 bits per heavy atom. The number of halogens is 2. The van der Waals surface area contributed by atoms with Crippen LogP contribution in [0.4, 0.5) is 10.2 Å². The Hall–Kier alpha value is -2.06. The van der Waals surface area contributed by atoms with E-state index in [9.17, 15) is 4.39 Å². The fourth-order valence-electron chi connectivity index (χ4n) is 2.82. The molecule has 3 aromatic rings. The fourth-order valence-corrected chi connectivity index (χ4v) is 3.25. The molecule has 4 rings (SSSR count). The third kappa shape index (κ3) is 2.87. The Morgan fingerprint density at radius 1 is 1.33 bits per heavy atom. The molecule has 0 radical (unpaired) electrons. The second kappa shape index (κ2) is 6.45. The van der Waals surface area contributed by atoms with Crippen LogP contribution in [0.3, 0.4) is 0 Å². The Labute approximate surface area is 146 Å². The number of imidazole rings is 1. The van der Waals surface area contributed by atoms with Crippen molar-refractivity contribution in [1.29, 1.82) is 0 Å². The zero-order chi connectivity index (χ0) is 16.5. The molecule has 0 saturated carbocycles. The Morgan fingerprint density at radius 2 is 2.21 bits per heavy atom. The van der Waals surface area contributed by atoms with Gasteiger partial charge in [-0.05, 0) is 24.5 Å². The number of nitrogens with zero attached hydrogens (tertiary/aromatic N) is 4. The monoisotopic (exact) mass is 391 g/mol. The van der Waals surface area contributed by atoms with E-state index in [1.807, 2.05) is 24.3 Å². The van der Waals surface area contributed by atoms with E-state index >= 15 is 0 Å². The van der Waals surface area contributed by atoms with Gasteiger partial charge in [0.25, 0.3) is 0 Å². The molecule has 1 saturated heterocycles. The predicted octanol–water partition coefficient (Wildman–Crippen LogP) is 3.65. The summed E-state index contributed by atoms with van der Waals surface area (Å²) in [6.07, 6.45) is 2.57. The summed E-state index contributed by atoms with van der Waals surface area (Å²) in [4.78, 5) is 12.1. The molecular weight excluding hydrogens is 377 g/mol. The highest BCUT2D eigenvalue weighted by Gasteiger charge is 2.22. The molecule has 1 aromatic carbocycles. The normalized spacial score (nSPS) is 17.5. The fraction of sp³-hybridized carbons (Fsp3) is 0.312. The van der Waals surface area contributed by atoms with Crippen molar-refractivity contribution < 1.29 is 9.13 Å². The lowest BCUT2D eigenvalue weighted by molar-refractivity contribution is 0.0592. The first kappa shape index (κ1) is 15.5. The minimum atomic E-state index is -0.781. The zero-order valence-electron chi connectivity index (χ0n) is 12.7. The Balaban J connectivity index is 1.66. The van der Waals surface area contributed by atoms with Crippen LogP contribution in [0, 0.1) is 6.08 Å². The molecule has 1 unspecified atom stereocenters. The highest BCUT2D eigenvalue weighted by atomic mass is 79.9. The maximum absolute atomic E-state index is 13.9. The highest BCUT2D eigenvalue weighted by molar-refractivity contribution is 9.10. The van der Waals surface area contributed by atoms with Gasteiger partial charge in [-0.25, -0.2) is 4.98 Å². The lowest BCUT2D eigenvalue weighted by Gasteiger charge is -2.12. The Bertz CT molecular complexity index is 878. The molecule has 0 spiro atoms. The summed E-state index contributed by atoms with van der Waals surface area (Å²) in [5.74, 6) is 0.380. The van der Waals surface area contributed by atoms with E-state index in [0.717, 1.165) is 22.9 Å². The first-order chi connectivity index (χ1) is 11.7. The SMILES string of the molecule is Fc1nc(NCc2ccccc2Br)c2ncn(C3CCCO3)c2n1. The second-order valence-electron chi connectivity index (χ2n) is 5.58. The van der Waals surface area contributed by atoms with Gasteiger partial charge in [-0.2, -0.15) is 14.4 Å². The van der Waals surface area contributed by atoms with Crippen molar-refractivity contribution in [3.63, 3.8) is 0 Å². The van der Waals surface area contributed by atoms with Gasteiger partial charge in [0, 0.05) is 17.6 Å². The quantitative estimate of drug-likeness (QED) is 0.687. The standard InChI is InChI=1S/C16H15BrFN5O/c17-11-5-2-1-4-10(11)8-19-14-13-15(22-16(18)21-14)23(9-20-13)12-6-3-7-24-12/h1-2,4-5,9,12H,3,6-8H2,(H,19,21,22). The van der Waals surface area contributed by atoms with Crippen molar-refractivity contribution in [2.24, 2.45) is 0 Å². The van der Waals surface area contributed by atoms with Gasteiger partial charge < -0.3 is 10.1 Å². The topological polar surface area (TPSA) is 64.9 Å². The first-order valence-electron chi connectivity index (χ1n) is 7.71. The summed E-state index contributed by atoms with van der Waals surface area (Å²) in [6.45, 7) is 1.20. The molecule has 6 nitrogen and oxygen atoms in total. The summed E-state index contributed by atoms with van der Waals surface area (Å²) in [5, 5.41) is 3.15. The lowest BCUT2D eigenvalue weighted by Crippen LogP contribution is -2.09. The van der Waals surface area contributed by atoms with E-state index < -0.39 is 6.08 Å². The van der Waals surface area contributed by atoms with Gasteiger partial charge in [0.15, 0.2) is 17.0 Å². The summed E-state index contributed by atoms with van der Waals surface area (Å²) >= 11 is 3.50. The van der Waals surface area contributed by atoms with Crippen LogP contribution in [0.15, 0.2) is 35.1 Å². The first-order valence-corrected chi connectivity index (χ1v) is 8.50. The summed E-state index contributed by atoms with van der Waals surface area (Å²) in [7, 11) is 0. The van der Waals surface area contributed by atoms with Gasteiger partial charge in [0.2, 0.25) is 0 Å². The molecule has 124 valence electrons. The molecule has 1 aliphatic heterocycles. The minimum Gasteiger partial charge on any atom is -0.364 e. The smallest absolute Gasteiger partial charge is 0.312 e. The molecule has 1 aliphatic rings. The van der Waals surface area contributed by atoms with Gasteiger partial charge in [-0.15, -0.1) is 0 Å². The van der Waals surface area contributed by atoms with Gasteiger partial charge >= 0.3 is 6.08 Å². The van der Waals surface area contributed by atoms with Crippen LogP contribution in [0.2, 0.25) is 0 Å². The molecule has 1 fully saturated rings.